The van der Waals surface area contributed by atoms with E-state index < -0.39 is 63.3 Å². The summed E-state index contributed by atoms with van der Waals surface area (Å²) >= 11 is -3.37. The van der Waals surface area contributed by atoms with Gasteiger partial charge in [0.1, 0.15) is 0 Å². The van der Waals surface area contributed by atoms with Crippen LogP contribution in [0.3, 0.4) is 0 Å². The molecule has 1 saturated heterocycles. The molecular formula is C37H47N5O11S3. The maximum atomic E-state index is 13.4. The fourth-order valence-electron chi connectivity index (χ4n) is 6.35. The quantitative estimate of drug-likeness (QED) is 0.0416. The van der Waals surface area contributed by atoms with Crippen molar-refractivity contribution in [2.45, 2.75) is 70.1 Å². The highest BCUT2D eigenvalue weighted by atomic mass is 32.2. The molecule has 16 nitrogen and oxygen atoms in total. The van der Waals surface area contributed by atoms with Crippen LogP contribution in [-0.2, 0) is 56.4 Å². The molecule has 1 fully saturated rings. The number of hydrazone groups is 1. The second-order valence-corrected chi connectivity index (χ2v) is 16.6. The van der Waals surface area contributed by atoms with E-state index in [0.29, 0.717) is 47.2 Å². The van der Waals surface area contributed by atoms with E-state index in [9.17, 15) is 41.3 Å². The number of hydrogen-bond acceptors (Lipinski definition) is 13. The molecule has 0 bridgehead atoms. The molecule has 2 atom stereocenters. The van der Waals surface area contributed by atoms with Crippen LogP contribution in [0.25, 0.3) is 0 Å². The van der Waals surface area contributed by atoms with Crippen molar-refractivity contribution in [3.8, 4) is 0 Å². The standard InChI is InChI=1S/C37H47N5O11S3/c1-36(2)26(11-9-20-55(48)49)21-25(35(46)40(5)52-24-34(45)53-42-32(43)16-17-33(42)44)23-38-39-30(36)12-7-6-8-13-31-37(3,4)28-22-27(56(50)51)14-15-29(28)41(31)18-10-19-54-47/h6-8,12-15,21-23,38,47H,9-11,16-20,24H2,1-5H3,(H,48,49)(H,50,51)/b8-6+,12-7+,25-23?,26-21?,31-13+,39-30-. The molecule has 2 unspecified atom stereocenters. The third kappa shape index (κ3) is 11.0. The monoisotopic (exact) mass is 833 g/mol. The SMILES string of the molecule is CN(OCC(=O)ON1C(=O)CCC1=O)C(=O)C1=CN/N=C(/C=C/C=C/C=C2/N(CCCSO)c3ccc(S(=O)O)cc3C2(C)C)C(C)(C)C(CCCS(=O)O)=C1. The normalized spacial score (nSPS) is 20.6. The van der Waals surface area contributed by atoms with Gasteiger partial charge < -0.3 is 23.4 Å². The largest absolute Gasteiger partial charge is 0.361 e. The van der Waals surface area contributed by atoms with Gasteiger partial charge in [-0.3, -0.25) is 24.6 Å². The number of carbonyl (C=O) groups is 4. The van der Waals surface area contributed by atoms with E-state index in [2.05, 4.69) is 29.3 Å². The average Bonchev–Trinajstić information content (AvgIpc) is 3.56. The Labute approximate surface area is 335 Å². The second kappa shape index (κ2) is 19.8. The number of hydroxylamine groups is 4. The zero-order valence-corrected chi connectivity index (χ0v) is 34.2. The number of nitrogens with one attached hydrogen (secondary N) is 1. The number of anilines is 1. The Balaban J connectivity index is 1.54. The Kier molecular flexibility index (Phi) is 15.7. The molecule has 3 amide bonds. The van der Waals surface area contributed by atoms with Crippen molar-refractivity contribution in [2.24, 2.45) is 10.5 Å². The van der Waals surface area contributed by atoms with Crippen molar-refractivity contribution in [3.05, 3.63) is 83.3 Å². The molecule has 3 heterocycles. The van der Waals surface area contributed by atoms with Gasteiger partial charge in [-0.05, 0) is 73.3 Å². The Morgan fingerprint density at radius 3 is 2.43 bits per heavy atom. The fraction of sp³-hybridized carbons (Fsp3) is 0.432. The third-order valence-electron chi connectivity index (χ3n) is 9.46. The van der Waals surface area contributed by atoms with E-state index in [-0.39, 0.29) is 24.2 Å². The number of benzene rings is 1. The van der Waals surface area contributed by atoms with Crippen LogP contribution in [0.4, 0.5) is 5.69 Å². The minimum absolute atomic E-state index is 0.0147. The molecule has 56 heavy (non-hydrogen) atoms. The van der Waals surface area contributed by atoms with Crippen molar-refractivity contribution in [2.75, 3.05) is 36.6 Å². The summed E-state index contributed by atoms with van der Waals surface area (Å²) in [6.07, 6.45) is 13.6. The first-order valence-electron chi connectivity index (χ1n) is 17.6. The zero-order chi connectivity index (χ0) is 41.2. The first-order chi connectivity index (χ1) is 26.5. The van der Waals surface area contributed by atoms with Gasteiger partial charge in [0.2, 0.25) is 0 Å². The van der Waals surface area contributed by atoms with E-state index in [1.165, 1.54) is 13.2 Å². The van der Waals surface area contributed by atoms with Gasteiger partial charge in [-0.25, -0.2) is 18.3 Å². The first kappa shape index (κ1) is 44.5. The Hall–Kier alpha value is -4.24. The highest BCUT2D eigenvalue weighted by molar-refractivity contribution is 7.93. The van der Waals surface area contributed by atoms with Crippen molar-refractivity contribution >= 4 is 69.3 Å². The number of allylic oxidation sites excluding steroid dienone is 7. The molecule has 1 aromatic carbocycles. The van der Waals surface area contributed by atoms with Crippen LogP contribution in [0.5, 0.6) is 0 Å². The van der Waals surface area contributed by atoms with Crippen molar-refractivity contribution < 1.29 is 50.9 Å². The number of likely N-dealkylation sites (N-methyl/N-ethyl adjacent to an activating group) is 1. The molecule has 304 valence electrons. The summed E-state index contributed by atoms with van der Waals surface area (Å²) in [6.45, 7) is 7.78. The number of carbonyl (C=O) groups excluding carboxylic acids is 4. The van der Waals surface area contributed by atoms with E-state index >= 15 is 0 Å². The lowest BCUT2D eigenvalue weighted by Gasteiger charge is -2.30. The lowest BCUT2D eigenvalue weighted by atomic mass is 9.76. The number of nitrogens with zero attached hydrogens (tertiary/aromatic N) is 4. The minimum atomic E-state index is -2.13. The van der Waals surface area contributed by atoms with E-state index in [4.69, 9.17) is 9.68 Å². The average molecular weight is 834 g/mol. The van der Waals surface area contributed by atoms with Gasteiger partial charge in [-0.2, -0.15) is 5.10 Å². The summed E-state index contributed by atoms with van der Waals surface area (Å²) in [5, 5.41) is 5.73. The summed E-state index contributed by atoms with van der Waals surface area (Å²) in [7, 11) is 1.28. The number of rotatable bonds is 17. The van der Waals surface area contributed by atoms with Gasteiger partial charge >= 0.3 is 5.97 Å². The lowest BCUT2D eigenvalue weighted by Crippen LogP contribution is -2.36. The smallest absolute Gasteiger partial charge is 0.344 e. The summed E-state index contributed by atoms with van der Waals surface area (Å²) in [6, 6.07) is 5.25. The topological polar surface area (TPSA) is 216 Å². The van der Waals surface area contributed by atoms with Crippen LogP contribution in [-0.4, -0.2) is 93.3 Å². The maximum absolute atomic E-state index is 13.4. The number of hydrogen-bond donors (Lipinski definition) is 4. The molecular weight excluding hydrogens is 787 g/mol. The molecule has 1 aromatic rings. The summed E-state index contributed by atoms with van der Waals surface area (Å²) in [5.74, 6) is -2.45. The third-order valence-corrected chi connectivity index (χ3v) is 11.2. The number of fused-ring (bicyclic) bond motifs is 1. The van der Waals surface area contributed by atoms with Crippen molar-refractivity contribution in [3.63, 3.8) is 0 Å². The molecule has 3 aliphatic rings. The van der Waals surface area contributed by atoms with Gasteiger partial charge in [0.05, 0.1) is 16.2 Å². The highest BCUT2D eigenvalue weighted by Gasteiger charge is 2.40. The van der Waals surface area contributed by atoms with Gasteiger partial charge in [0, 0.05) is 66.4 Å². The Bertz CT molecular complexity index is 1920. The van der Waals surface area contributed by atoms with Gasteiger partial charge in [-0.1, -0.05) is 51.5 Å². The predicted octanol–water partition coefficient (Wildman–Crippen LogP) is 4.75. The first-order valence-corrected chi connectivity index (χ1v) is 21.0. The molecule has 19 heteroatoms. The van der Waals surface area contributed by atoms with Gasteiger partial charge in [0.15, 0.2) is 28.8 Å². The Morgan fingerprint density at radius 2 is 1.77 bits per heavy atom. The fourth-order valence-corrected chi connectivity index (χ4v) is 7.40. The van der Waals surface area contributed by atoms with Gasteiger partial charge in [0.25, 0.3) is 17.7 Å². The highest BCUT2D eigenvalue weighted by Crippen LogP contribution is 2.48. The van der Waals surface area contributed by atoms with Crippen LogP contribution < -0.4 is 10.3 Å². The summed E-state index contributed by atoms with van der Waals surface area (Å²) in [5.41, 5.74) is 5.79. The summed E-state index contributed by atoms with van der Waals surface area (Å²) < 4.78 is 51.8. The van der Waals surface area contributed by atoms with Gasteiger partial charge in [-0.15, -0.1) is 5.06 Å². The molecule has 0 radical (unpaired) electrons. The van der Waals surface area contributed by atoms with Crippen LogP contribution in [0.2, 0.25) is 0 Å². The van der Waals surface area contributed by atoms with E-state index in [1.807, 2.05) is 50.3 Å². The molecule has 4 rings (SSSR count). The Morgan fingerprint density at radius 1 is 1.05 bits per heavy atom. The minimum Gasteiger partial charge on any atom is -0.344 e. The van der Waals surface area contributed by atoms with Crippen LogP contribution in [0, 0.1) is 5.41 Å². The van der Waals surface area contributed by atoms with Crippen molar-refractivity contribution in [1.29, 1.82) is 0 Å². The lowest BCUT2D eigenvalue weighted by molar-refractivity contribution is -0.211. The maximum Gasteiger partial charge on any atom is 0.361 e. The number of amides is 3. The van der Waals surface area contributed by atoms with Crippen molar-refractivity contribution in [1.82, 2.24) is 15.6 Å². The zero-order valence-electron chi connectivity index (χ0n) is 31.8. The number of imide groups is 1. The molecule has 0 spiro atoms. The van der Waals surface area contributed by atoms with Crippen LogP contribution >= 0.6 is 12.0 Å². The second-order valence-electron chi connectivity index (χ2n) is 14.0. The molecule has 4 N–H and O–H groups in total. The van der Waals surface area contributed by atoms with Crippen LogP contribution in [0.1, 0.15) is 65.4 Å². The molecule has 3 aliphatic heterocycles. The van der Waals surface area contributed by atoms with E-state index in [0.717, 1.165) is 39.6 Å². The molecule has 0 aliphatic carbocycles. The predicted molar refractivity (Wildman–Crippen MR) is 213 cm³/mol. The molecule has 0 aromatic heterocycles. The van der Waals surface area contributed by atoms with Crippen LogP contribution in [0.15, 0.2) is 87.7 Å². The summed E-state index contributed by atoms with van der Waals surface area (Å²) in [4.78, 5) is 61.7. The molecule has 0 saturated carbocycles. The van der Waals surface area contributed by atoms with E-state index in [1.54, 1.807) is 18.2 Å².